The maximum Gasteiger partial charge on any atom is 0.573 e. The zero-order valence-corrected chi connectivity index (χ0v) is 15.2. The lowest BCUT2D eigenvalue weighted by molar-refractivity contribution is -0.274. The largest absolute Gasteiger partial charge is 0.573 e. The first kappa shape index (κ1) is 19.9. The average molecular weight is 407 g/mol. The summed E-state index contributed by atoms with van der Waals surface area (Å²) in [5, 5.41) is 6.31. The number of ether oxygens (including phenoxy) is 3. The number of thiocarbonyl (C=S) groups is 1. The molecule has 0 radical (unpaired) electrons. The summed E-state index contributed by atoms with van der Waals surface area (Å²) >= 11 is 11.2. The number of hydrogen-bond acceptors (Lipinski definition) is 4. The van der Waals surface area contributed by atoms with Gasteiger partial charge in [0.05, 0.1) is 24.9 Å². The van der Waals surface area contributed by atoms with Crippen molar-refractivity contribution in [1.29, 1.82) is 0 Å². The molecule has 0 fully saturated rings. The second-order valence-electron chi connectivity index (χ2n) is 4.84. The first-order chi connectivity index (χ1) is 12.2. The minimum Gasteiger partial charge on any atom is -0.495 e. The first-order valence-corrected chi connectivity index (χ1v) is 7.86. The summed E-state index contributed by atoms with van der Waals surface area (Å²) in [6.07, 6.45) is -4.74. The number of hydrogen-bond donors (Lipinski definition) is 2. The van der Waals surface area contributed by atoms with E-state index in [0.717, 1.165) is 0 Å². The fourth-order valence-electron chi connectivity index (χ4n) is 1.98. The van der Waals surface area contributed by atoms with Gasteiger partial charge in [0.25, 0.3) is 0 Å². The Labute approximate surface area is 158 Å². The van der Waals surface area contributed by atoms with Crippen LogP contribution in [0.3, 0.4) is 0 Å². The molecule has 2 aromatic rings. The molecule has 2 N–H and O–H groups in total. The molecule has 0 aromatic heterocycles. The molecule has 5 nitrogen and oxygen atoms in total. The van der Waals surface area contributed by atoms with Gasteiger partial charge in [-0.3, -0.25) is 0 Å². The molecular formula is C16H14ClF3N2O3S. The topological polar surface area (TPSA) is 51.8 Å². The van der Waals surface area contributed by atoms with Crippen molar-refractivity contribution in [3.63, 3.8) is 0 Å². The summed E-state index contributed by atoms with van der Waals surface area (Å²) in [6.45, 7) is 0. The predicted octanol–water partition coefficient (Wildman–Crippen LogP) is 5.06. The van der Waals surface area contributed by atoms with Crippen molar-refractivity contribution in [2.75, 3.05) is 24.9 Å². The molecule has 0 saturated heterocycles. The monoisotopic (exact) mass is 406 g/mol. The molecule has 140 valence electrons. The fraction of sp³-hybridized carbons (Fsp3) is 0.188. The number of methoxy groups -OCH3 is 2. The summed E-state index contributed by atoms with van der Waals surface area (Å²) < 4.78 is 50.6. The highest BCUT2D eigenvalue weighted by Gasteiger charge is 2.30. The van der Waals surface area contributed by atoms with E-state index in [0.29, 0.717) is 27.9 Å². The van der Waals surface area contributed by atoms with E-state index in [9.17, 15) is 13.2 Å². The first-order valence-electron chi connectivity index (χ1n) is 7.07. The number of anilines is 2. The highest BCUT2D eigenvalue weighted by atomic mass is 35.5. The van der Waals surface area contributed by atoms with Gasteiger partial charge in [0, 0.05) is 17.8 Å². The molecule has 0 saturated carbocycles. The number of alkyl halides is 3. The third-order valence-corrected chi connectivity index (χ3v) is 3.57. The standard InChI is InChI=1S/C16H14ClF3N2O3S/c1-23-13-8-12(14(24-2)7-11(13)17)22-15(26)21-9-3-5-10(6-4-9)25-16(18,19)20/h3-8H,1-2H3,(H2,21,22,26). The third-order valence-electron chi connectivity index (χ3n) is 3.07. The molecule has 0 bridgehead atoms. The lowest BCUT2D eigenvalue weighted by Gasteiger charge is -2.15. The Balaban J connectivity index is 2.07. The van der Waals surface area contributed by atoms with E-state index in [1.54, 1.807) is 12.1 Å². The number of halogens is 4. The van der Waals surface area contributed by atoms with Crippen LogP contribution in [-0.4, -0.2) is 25.7 Å². The van der Waals surface area contributed by atoms with Gasteiger partial charge in [0.1, 0.15) is 17.2 Å². The lowest BCUT2D eigenvalue weighted by atomic mass is 10.2. The Kier molecular flexibility index (Phi) is 6.38. The van der Waals surface area contributed by atoms with Gasteiger partial charge in [-0.25, -0.2) is 0 Å². The van der Waals surface area contributed by atoms with Crippen molar-refractivity contribution < 1.29 is 27.4 Å². The Morgan fingerprint density at radius 1 is 1.00 bits per heavy atom. The van der Waals surface area contributed by atoms with E-state index >= 15 is 0 Å². The van der Waals surface area contributed by atoms with Gasteiger partial charge in [0.15, 0.2) is 5.11 Å². The summed E-state index contributed by atoms with van der Waals surface area (Å²) in [5.74, 6) is 0.534. The molecule has 0 aliphatic heterocycles. The molecule has 0 spiro atoms. The smallest absolute Gasteiger partial charge is 0.495 e. The van der Waals surface area contributed by atoms with Crippen LogP contribution in [0.4, 0.5) is 24.5 Å². The minimum absolute atomic E-state index is 0.192. The summed E-state index contributed by atoms with van der Waals surface area (Å²) in [4.78, 5) is 0. The van der Waals surface area contributed by atoms with Crippen molar-refractivity contribution in [1.82, 2.24) is 0 Å². The molecule has 26 heavy (non-hydrogen) atoms. The Bertz CT molecular complexity index is 786. The van der Waals surface area contributed by atoms with E-state index in [-0.39, 0.29) is 10.9 Å². The van der Waals surface area contributed by atoms with Gasteiger partial charge in [-0.1, -0.05) is 11.6 Å². The molecule has 0 atom stereocenters. The maximum absolute atomic E-state index is 12.2. The zero-order chi connectivity index (χ0) is 19.3. The molecule has 0 aliphatic carbocycles. The van der Waals surface area contributed by atoms with Crippen LogP contribution in [0.2, 0.25) is 5.02 Å². The SMILES string of the molecule is COc1cc(NC(=S)Nc2ccc(OC(F)(F)F)cc2)c(OC)cc1Cl. The Morgan fingerprint density at radius 2 is 1.62 bits per heavy atom. The maximum atomic E-state index is 12.2. The fourth-order valence-corrected chi connectivity index (χ4v) is 2.44. The molecule has 0 amide bonds. The Hall–Kier alpha value is -2.39. The van der Waals surface area contributed by atoms with Crippen LogP contribution in [0.25, 0.3) is 0 Å². The van der Waals surface area contributed by atoms with E-state index < -0.39 is 6.36 Å². The summed E-state index contributed by atoms with van der Waals surface area (Å²) in [5.41, 5.74) is 0.972. The van der Waals surface area contributed by atoms with Crippen molar-refractivity contribution in [3.05, 3.63) is 41.4 Å². The quantitative estimate of drug-likeness (QED) is 0.676. The van der Waals surface area contributed by atoms with Gasteiger partial charge >= 0.3 is 6.36 Å². The van der Waals surface area contributed by atoms with Crippen LogP contribution in [-0.2, 0) is 0 Å². The molecular weight excluding hydrogens is 393 g/mol. The van der Waals surface area contributed by atoms with E-state index in [4.69, 9.17) is 33.3 Å². The average Bonchev–Trinajstić information content (AvgIpc) is 2.56. The predicted molar refractivity (Wildman–Crippen MR) is 97.5 cm³/mol. The normalized spacial score (nSPS) is 10.8. The number of benzene rings is 2. The zero-order valence-electron chi connectivity index (χ0n) is 13.6. The second-order valence-corrected chi connectivity index (χ2v) is 5.65. The molecule has 0 aliphatic rings. The molecule has 10 heteroatoms. The van der Waals surface area contributed by atoms with Crippen molar-refractivity contribution in [3.8, 4) is 17.2 Å². The van der Waals surface area contributed by atoms with E-state index in [1.165, 1.54) is 38.5 Å². The van der Waals surface area contributed by atoms with Crippen LogP contribution >= 0.6 is 23.8 Å². The number of rotatable bonds is 5. The second kappa shape index (κ2) is 8.33. The van der Waals surface area contributed by atoms with Crippen LogP contribution < -0.4 is 24.8 Å². The van der Waals surface area contributed by atoms with Crippen LogP contribution in [0.1, 0.15) is 0 Å². The van der Waals surface area contributed by atoms with Gasteiger partial charge < -0.3 is 24.8 Å². The van der Waals surface area contributed by atoms with Crippen molar-refractivity contribution >= 4 is 40.3 Å². The molecule has 0 unspecified atom stereocenters. The van der Waals surface area contributed by atoms with Crippen LogP contribution in [0, 0.1) is 0 Å². The molecule has 2 aromatic carbocycles. The minimum atomic E-state index is -4.74. The summed E-state index contributed by atoms with van der Waals surface area (Å²) in [7, 11) is 2.94. The van der Waals surface area contributed by atoms with E-state index in [1.807, 2.05) is 0 Å². The van der Waals surface area contributed by atoms with Crippen molar-refractivity contribution in [2.24, 2.45) is 0 Å². The van der Waals surface area contributed by atoms with E-state index in [2.05, 4.69) is 15.4 Å². The molecule has 2 rings (SSSR count). The van der Waals surface area contributed by atoms with Gasteiger partial charge in [-0.15, -0.1) is 13.2 Å². The number of nitrogens with one attached hydrogen (secondary N) is 2. The highest BCUT2D eigenvalue weighted by Crippen LogP contribution is 2.36. The van der Waals surface area contributed by atoms with Gasteiger partial charge in [-0.2, -0.15) is 0 Å². The summed E-state index contributed by atoms with van der Waals surface area (Å²) in [6, 6.07) is 8.31. The lowest BCUT2D eigenvalue weighted by Crippen LogP contribution is -2.20. The third kappa shape index (κ3) is 5.57. The molecule has 0 heterocycles. The van der Waals surface area contributed by atoms with Crippen LogP contribution in [0.5, 0.6) is 17.2 Å². The Morgan fingerprint density at radius 3 is 2.15 bits per heavy atom. The van der Waals surface area contributed by atoms with Crippen LogP contribution in [0.15, 0.2) is 36.4 Å². The van der Waals surface area contributed by atoms with Gasteiger partial charge in [-0.05, 0) is 36.5 Å². The van der Waals surface area contributed by atoms with Crippen molar-refractivity contribution in [2.45, 2.75) is 6.36 Å². The highest BCUT2D eigenvalue weighted by molar-refractivity contribution is 7.80. The van der Waals surface area contributed by atoms with Gasteiger partial charge in [0.2, 0.25) is 0 Å².